The Kier molecular flexibility index (Phi) is 5.20. The van der Waals surface area contributed by atoms with Gasteiger partial charge in [-0.3, -0.25) is 4.79 Å². The zero-order valence-electron chi connectivity index (χ0n) is 13.2. The van der Waals surface area contributed by atoms with Gasteiger partial charge in [0, 0.05) is 34.8 Å². The van der Waals surface area contributed by atoms with Crippen molar-refractivity contribution in [2.45, 2.75) is 25.3 Å². The maximum Gasteiger partial charge on any atom is 0.246 e. The molecule has 0 saturated carbocycles. The fourth-order valence-electron chi connectivity index (χ4n) is 3.09. The van der Waals surface area contributed by atoms with Crippen LogP contribution in [-0.4, -0.2) is 43.9 Å². The molecule has 1 aliphatic rings. The molecule has 0 fully saturated rings. The highest BCUT2D eigenvalue weighted by molar-refractivity contribution is 6.31. The van der Waals surface area contributed by atoms with Gasteiger partial charge in [-0.15, -0.1) is 0 Å². The monoisotopic (exact) mass is 336 g/mol. The molecular weight excluding hydrogens is 316 g/mol. The van der Waals surface area contributed by atoms with E-state index in [0.717, 1.165) is 35.2 Å². The average Bonchev–Trinajstić information content (AvgIpc) is 2.89. The van der Waals surface area contributed by atoms with Gasteiger partial charge in [-0.25, -0.2) is 0 Å². The number of benzene rings is 1. The van der Waals surface area contributed by atoms with Gasteiger partial charge in [0.15, 0.2) is 0 Å². The highest BCUT2D eigenvalue weighted by Gasteiger charge is 2.23. The van der Waals surface area contributed by atoms with E-state index in [2.05, 4.69) is 10.3 Å². The summed E-state index contributed by atoms with van der Waals surface area (Å²) in [7, 11) is 1.61. The lowest BCUT2D eigenvalue weighted by atomic mass is 9.91. The number of hydrogen-bond donors (Lipinski definition) is 2. The maximum atomic E-state index is 11.9. The van der Waals surface area contributed by atoms with Crippen LogP contribution in [0.4, 0.5) is 0 Å². The van der Waals surface area contributed by atoms with Gasteiger partial charge in [-0.2, -0.15) is 0 Å². The third kappa shape index (κ3) is 3.86. The van der Waals surface area contributed by atoms with E-state index in [1.807, 2.05) is 18.2 Å². The number of methoxy groups -OCH3 is 1. The molecule has 1 atom stereocenters. The number of H-pyrrole nitrogens is 1. The lowest BCUT2D eigenvalue weighted by molar-refractivity contribution is -0.126. The topological polar surface area (TPSA) is 63.4 Å². The van der Waals surface area contributed by atoms with Crippen LogP contribution in [0.2, 0.25) is 5.02 Å². The lowest BCUT2D eigenvalue weighted by Gasteiger charge is -2.23. The zero-order chi connectivity index (χ0) is 16.2. The molecule has 1 amide bonds. The zero-order valence-corrected chi connectivity index (χ0v) is 13.9. The summed E-state index contributed by atoms with van der Waals surface area (Å²) in [5, 5.41) is 4.94. The minimum atomic E-state index is -0.0765. The molecule has 23 heavy (non-hydrogen) atoms. The van der Waals surface area contributed by atoms with Crippen molar-refractivity contribution < 1.29 is 14.3 Å². The lowest BCUT2D eigenvalue weighted by Crippen LogP contribution is -2.40. The van der Waals surface area contributed by atoms with Crippen molar-refractivity contribution in [2.24, 2.45) is 0 Å². The molecule has 3 rings (SSSR count). The minimum Gasteiger partial charge on any atom is -0.382 e. The van der Waals surface area contributed by atoms with Crippen molar-refractivity contribution in [3.63, 3.8) is 0 Å². The second kappa shape index (κ2) is 7.34. The summed E-state index contributed by atoms with van der Waals surface area (Å²) in [6, 6.07) is 6.03. The molecule has 2 aromatic rings. The number of amides is 1. The first-order valence-corrected chi connectivity index (χ1v) is 8.20. The van der Waals surface area contributed by atoms with E-state index in [-0.39, 0.29) is 18.6 Å². The van der Waals surface area contributed by atoms with Gasteiger partial charge in [0.05, 0.1) is 13.2 Å². The average molecular weight is 337 g/mol. The Bertz CT molecular complexity index is 698. The van der Waals surface area contributed by atoms with Crippen molar-refractivity contribution in [1.29, 1.82) is 0 Å². The van der Waals surface area contributed by atoms with E-state index in [9.17, 15) is 4.79 Å². The first kappa shape index (κ1) is 16.3. The van der Waals surface area contributed by atoms with Crippen LogP contribution >= 0.6 is 11.6 Å². The van der Waals surface area contributed by atoms with Gasteiger partial charge in [-0.1, -0.05) is 11.6 Å². The van der Waals surface area contributed by atoms with E-state index in [1.54, 1.807) is 7.11 Å². The predicted octanol–water partition coefficient (Wildman–Crippen LogP) is 2.46. The van der Waals surface area contributed by atoms with Gasteiger partial charge in [0.1, 0.15) is 6.61 Å². The molecule has 1 aromatic heterocycles. The summed E-state index contributed by atoms with van der Waals surface area (Å²) in [5.74, 6) is -0.0765. The molecule has 0 radical (unpaired) electrons. The number of rotatable bonds is 6. The highest BCUT2D eigenvalue weighted by atomic mass is 35.5. The molecule has 1 aliphatic carbocycles. The van der Waals surface area contributed by atoms with Gasteiger partial charge >= 0.3 is 0 Å². The third-order valence-corrected chi connectivity index (χ3v) is 4.42. The molecule has 2 N–H and O–H groups in total. The third-order valence-electron chi connectivity index (χ3n) is 4.18. The molecule has 1 aromatic carbocycles. The van der Waals surface area contributed by atoms with E-state index >= 15 is 0 Å². The van der Waals surface area contributed by atoms with Crippen LogP contribution in [0.25, 0.3) is 10.9 Å². The number of halogens is 1. The van der Waals surface area contributed by atoms with Crippen molar-refractivity contribution in [2.75, 3.05) is 26.9 Å². The van der Waals surface area contributed by atoms with E-state index in [4.69, 9.17) is 21.1 Å². The summed E-state index contributed by atoms with van der Waals surface area (Å²) < 4.78 is 10.1. The Hall–Kier alpha value is -1.56. The van der Waals surface area contributed by atoms with Gasteiger partial charge < -0.3 is 19.8 Å². The summed E-state index contributed by atoms with van der Waals surface area (Å²) in [4.78, 5) is 15.4. The van der Waals surface area contributed by atoms with Crippen molar-refractivity contribution in [3.8, 4) is 0 Å². The second-order valence-electron chi connectivity index (χ2n) is 5.82. The molecule has 0 saturated heterocycles. The van der Waals surface area contributed by atoms with Crippen LogP contribution in [0.1, 0.15) is 17.7 Å². The van der Waals surface area contributed by atoms with Crippen LogP contribution < -0.4 is 5.32 Å². The first-order chi connectivity index (χ1) is 11.2. The van der Waals surface area contributed by atoms with Crippen LogP contribution in [0.3, 0.4) is 0 Å². The van der Waals surface area contributed by atoms with Crippen LogP contribution in [0.5, 0.6) is 0 Å². The minimum absolute atomic E-state index is 0.0758. The molecule has 0 aliphatic heterocycles. The second-order valence-corrected chi connectivity index (χ2v) is 6.26. The molecule has 0 spiro atoms. The van der Waals surface area contributed by atoms with E-state index < -0.39 is 0 Å². The van der Waals surface area contributed by atoms with E-state index in [1.165, 1.54) is 11.3 Å². The molecule has 124 valence electrons. The molecule has 1 heterocycles. The summed E-state index contributed by atoms with van der Waals surface area (Å²) in [6.07, 6.45) is 2.67. The molecule has 0 bridgehead atoms. The Morgan fingerprint density at radius 2 is 2.30 bits per heavy atom. The Balaban J connectivity index is 1.62. The van der Waals surface area contributed by atoms with Gasteiger partial charge in [0.25, 0.3) is 0 Å². The number of aryl methyl sites for hydroxylation is 1. The van der Waals surface area contributed by atoms with Crippen molar-refractivity contribution in [1.82, 2.24) is 10.3 Å². The quantitative estimate of drug-likeness (QED) is 0.796. The summed E-state index contributed by atoms with van der Waals surface area (Å²) in [6.45, 7) is 1.00. The summed E-state index contributed by atoms with van der Waals surface area (Å²) in [5.41, 5.74) is 3.62. The Morgan fingerprint density at radius 1 is 1.43 bits per heavy atom. The number of aromatic amines is 1. The molecule has 5 nitrogen and oxygen atoms in total. The number of nitrogens with one attached hydrogen (secondary N) is 2. The highest BCUT2D eigenvalue weighted by Crippen LogP contribution is 2.30. The number of carbonyl (C=O) groups is 1. The van der Waals surface area contributed by atoms with E-state index in [0.29, 0.717) is 13.2 Å². The summed E-state index contributed by atoms with van der Waals surface area (Å²) >= 11 is 6.11. The van der Waals surface area contributed by atoms with Crippen LogP contribution in [-0.2, 0) is 27.1 Å². The van der Waals surface area contributed by atoms with Gasteiger partial charge in [-0.05, 0) is 43.0 Å². The van der Waals surface area contributed by atoms with Crippen molar-refractivity contribution in [3.05, 3.63) is 34.5 Å². The fraction of sp³-hybridized carbons (Fsp3) is 0.471. The number of aromatic nitrogens is 1. The van der Waals surface area contributed by atoms with Crippen LogP contribution in [0, 0.1) is 0 Å². The standard InChI is InChI=1S/C17H21ClN2O3/c1-22-6-7-23-10-17(21)19-12-3-5-16-14(9-12)13-8-11(18)2-4-15(13)20-16/h2,4,8,12,20H,3,5-7,9-10H2,1H3,(H,19,21). The normalized spacial score (nSPS) is 17.2. The molecular formula is C17H21ClN2O3. The molecule has 6 heteroatoms. The number of hydrogen-bond acceptors (Lipinski definition) is 3. The number of fused-ring (bicyclic) bond motifs is 3. The van der Waals surface area contributed by atoms with Gasteiger partial charge in [0.2, 0.25) is 5.91 Å². The number of ether oxygens (including phenoxy) is 2. The maximum absolute atomic E-state index is 11.9. The van der Waals surface area contributed by atoms with Crippen LogP contribution in [0.15, 0.2) is 18.2 Å². The SMILES string of the molecule is COCCOCC(=O)NC1CCc2[nH]c3ccc(Cl)cc3c2C1. The first-order valence-electron chi connectivity index (χ1n) is 7.82. The fourth-order valence-corrected chi connectivity index (χ4v) is 3.26. The predicted molar refractivity (Wildman–Crippen MR) is 90.0 cm³/mol. The van der Waals surface area contributed by atoms with Crippen molar-refractivity contribution >= 4 is 28.4 Å². The number of carbonyl (C=O) groups excluding carboxylic acids is 1. The molecule has 1 unspecified atom stereocenters. The smallest absolute Gasteiger partial charge is 0.246 e. The Morgan fingerprint density at radius 3 is 3.13 bits per heavy atom. The largest absolute Gasteiger partial charge is 0.382 e. The Labute approximate surface area is 140 Å².